The van der Waals surface area contributed by atoms with Crippen molar-refractivity contribution in [1.82, 2.24) is 9.88 Å². The first-order chi connectivity index (χ1) is 7.57. The number of aromatic nitrogens is 1. The summed E-state index contributed by atoms with van der Waals surface area (Å²) in [6.07, 6.45) is 3.58. The molecule has 0 spiro atoms. The molecular weight excluding hydrogens is 202 g/mol. The van der Waals surface area contributed by atoms with Crippen LogP contribution in [0.3, 0.4) is 0 Å². The minimum Gasteiger partial charge on any atom is -0.395 e. The largest absolute Gasteiger partial charge is 0.395 e. The van der Waals surface area contributed by atoms with E-state index >= 15 is 0 Å². The van der Waals surface area contributed by atoms with Gasteiger partial charge in [-0.15, -0.1) is 0 Å². The van der Waals surface area contributed by atoms with Crippen LogP contribution in [0.25, 0.3) is 0 Å². The van der Waals surface area contributed by atoms with Gasteiger partial charge < -0.3 is 10.8 Å². The first kappa shape index (κ1) is 13.1. The molecular formula is C12H21N3O. The molecule has 4 heteroatoms. The second-order valence-electron chi connectivity index (χ2n) is 4.29. The van der Waals surface area contributed by atoms with E-state index in [1.165, 1.54) is 0 Å². The van der Waals surface area contributed by atoms with Gasteiger partial charge in [0.2, 0.25) is 0 Å². The van der Waals surface area contributed by atoms with Crippen LogP contribution < -0.4 is 5.73 Å². The molecule has 0 aliphatic rings. The van der Waals surface area contributed by atoms with Crippen molar-refractivity contribution < 1.29 is 5.11 Å². The highest BCUT2D eigenvalue weighted by Gasteiger charge is 2.24. The van der Waals surface area contributed by atoms with Gasteiger partial charge in [0.25, 0.3) is 0 Å². The van der Waals surface area contributed by atoms with Crippen LogP contribution in [0.5, 0.6) is 0 Å². The molecule has 0 fully saturated rings. The molecule has 0 bridgehead atoms. The fourth-order valence-corrected chi connectivity index (χ4v) is 1.86. The number of hydrogen-bond acceptors (Lipinski definition) is 4. The van der Waals surface area contributed by atoms with Crippen molar-refractivity contribution in [3.63, 3.8) is 0 Å². The van der Waals surface area contributed by atoms with Crippen LogP contribution in [0.1, 0.15) is 25.5 Å². The third-order valence-electron chi connectivity index (χ3n) is 2.92. The standard InChI is InChI=1S/C12H21N3O/c1-9(8-16)15(3)12(10(2)13)11-5-4-6-14-7-11/h4-7,9-10,12,16H,8,13H2,1-3H3. The van der Waals surface area contributed by atoms with Crippen molar-refractivity contribution in [1.29, 1.82) is 0 Å². The average molecular weight is 223 g/mol. The predicted octanol–water partition coefficient (Wildman–Crippen LogP) is 0.783. The lowest BCUT2D eigenvalue weighted by atomic mass is 10.00. The Balaban J connectivity index is 2.92. The zero-order chi connectivity index (χ0) is 12.1. The van der Waals surface area contributed by atoms with Gasteiger partial charge in [-0.3, -0.25) is 9.88 Å². The van der Waals surface area contributed by atoms with Crippen LogP contribution in [0.15, 0.2) is 24.5 Å². The summed E-state index contributed by atoms with van der Waals surface area (Å²) in [6, 6.07) is 4.07. The quantitative estimate of drug-likeness (QED) is 0.774. The maximum atomic E-state index is 9.18. The van der Waals surface area contributed by atoms with Gasteiger partial charge in [0.05, 0.1) is 12.6 Å². The molecule has 90 valence electrons. The van der Waals surface area contributed by atoms with E-state index in [9.17, 15) is 5.11 Å². The van der Waals surface area contributed by atoms with Crippen LogP contribution >= 0.6 is 0 Å². The molecule has 3 atom stereocenters. The summed E-state index contributed by atoms with van der Waals surface area (Å²) in [5.74, 6) is 0. The Hall–Kier alpha value is -0.970. The Morgan fingerprint density at radius 3 is 2.62 bits per heavy atom. The van der Waals surface area contributed by atoms with E-state index in [-0.39, 0.29) is 24.7 Å². The number of pyridine rings is 1. The van der Waals surface area contributed by atoms with E-state index in [2.05, 4.69) is 9.88 Å². The summed E-state index contributed by atoms with van der Waals surface area (Å²) in [7, 11) is 1.97. The lowest BCUT2D eigenvalue weighted by Crippen LogP contribution is -2.43. The predicted molar refractivity (Wildman–Crippen MR) is 64.9 cm³/mol. The third kappa shape index (κ3) is 3.01. The third-order valence-corrected chi connectivity index (χ3v) is 2.92. The first-order valence-corrected chi connectivity index (χ1v) is 5.56. The van der Waals surface area contributed by atoms with Gasteiger partial charge in [-0.05, 0) is 32.5 Å². The van der Waals surface area contributed by atoms with Gasteiger partial charge >= 0.3 is 0 Å². The second-order valence-corrected chi connectivity index (χ2v) is 4.29. The SMILES string of the molecule is CC(N)C(c1cccnc1)N(C)C(C)CO. The summed E-state index contributed by atoms with van der Waals surface area (Å²) in [6.45, 7) is 4.07. The van der Waals surface area contributed by atoms with Gasteiger partial charge in [0.1, 0.15) is 0 Å². The Kier molecular flexibility index (Phi) is 4.86. The topological polar surface area (TPSA) is 62.4 Å². The van der Waals surface area contributed by atoms with Gasteiger partial charge in [0, 0.05) is 24.5 Å². The highest BCUT2D eigenvalue weighted by molar-refractivity contribution is 5.16. The molecule has 0 aliphatic heterocycles. The summed E-state index contributed by atoms with van der Waals surface area (Å²) in [5, 5.41) is 9.18. The molecule has 1 aromatic rings. The molecule has 3 N–H and O–H groups in total. The lowest BCUT2D eigenvalue weighted by molar-refractivity contribution is 0.109. The van der Waals surface area contributed by atoms with E-state index < -0.39 is 0 Å². The van der Waals surface area contributed by atoms with Crippen molar-refractivity contribution in [2.45, 2.75) is 32.0 Å². The molecule has 0 aliphatic carbocycles. The van der Waals surface area contributed by atoms with Crippen LogP contribution in [0.2, 0.25) is 0 Å². The summed E-state index contributed by atoms with van der Waals surface area (Å²) in [5.41, 5.74) is 7.09. The second kappa shape index (κ2) is 5.94. The van der Waals surface area contributed by atoms with Crippen molar-refractivity contribution in [3.8, 4) is 0 Å². The van der Waals surface area contributed by atoms with Crippen molar-refractivity contribution >= 4 is 0 Å². The summed E-state index contributed by atoms with van der Waals surface area (Å²) < 4.78 is 0. The molecule has 3 unspecified atom stereocenters. The highest BCUT2D eigenvalue weighted by atomic mass is 16.3. The Morgan fingerprint density at radius 1 is 1.50 bits per heavy atom. The molecule has 1 heterocycles. The number of hydrogen-bond donors (Lipinski definition) is 2. The normalized spacial score (nSPS) is 17.1. The molecule has 1 aromatic heterocycles. The minimum absolute atomic E-state index is 0.0109. The van der Waals surface area contributed by atoms with Crippen molar-refractivity contribution in [3.05, 3.63) is 30.1 Å². The van der Waals surface area contributed by atoms with Gasteiger partial charge in [-0.1, -0.05) is 6.07 Å². The van der Waals surface area contributed by atoms with Gasteiger partial charge in [-0.2, -0.15) is 0 Å². The van der Waals surface area contributed by atoms with E-state index in [4.69, 9.17) is 5.73 Å². The van der Waals surface area contributed by atoms with Gasteiger partial charge in [-0.25, -0.2) is 0 Å². The van der Waals surface area contributed by atoms with E-state index in [0.717, 1.165) is 5.56 Å². The van der Waals surface area contributed by atoms with E-state index in [1.807, 2.05) is 39.2 Å². The Labute approximate surface area is 97.1 Å². The minimum atomic E-state index is -0.0109. The number of aliphatic hydroxyl groups excluding tert-OH is 1. The van der Waals surface area contributed by atoms with Crippen LogP contribution in [-0.4, -0.2) is 40.7 Å². The molecule has 4 nitrogen and oxygen atoms in total. The fraction of sp³-hybridized carbons (Fsp3) is 0.583. The number of nitrogens with zero attached hydrogens (tertiary/aromatic N) is 2. The lowest BCUT2D eigenvalue weighted by Gasteiger charge is -2.34. The van der Waals surface area contributed by atoms with Crippen molar-refractivity contribution in [2.24, 2.45) is 5.73 Å². The molecule has 16 heavy (non-hydrogen) atoms. The zero-order valence-corrected chi connectivity index (χ0v) is 10.2. The van der Waals surface area contributed by atoms with Crippen LogP contribution in [0, 0.1) is 0 Å². The molecule has 0 amide bonds. The summed E-state index contributed by atoms with van der Waals surface area (Å²) in [4.78, 5) is 6.20. The molecule has 1 rings (SSSR count). The monoisotopic (exact) mass is 223 g/mol. The average Bonchev–Trinajstić information content (AvgIpc) is 2.29. The van der Waals surface area contributed by atoms with Crippen LogP contribution in [0.4, 0.5) is 0 Å². The highest BCUT2D eigenvalue weighted by Crippen LogP contribution is 2.23. The van der Waals surface area contributed by atoms with Crippen molar-refractivity contribution in [2.75, 3.05) is 13.7 Å². The Bertz CT molecular complexity index is 302. The maximum Gasteiger partial charge on any atom is 0.0584 e. The fourth-order valence-electron chi connectivity index (χ4n) is 1.86. The Morgan fingerprint density at radius 2 is 2.19 bits per heavy atom. The zero-order valence-electron chi connectivity index (χ0n) is 10.2. The number of nitrogens with two attached hydrogens (primary N) is 1. The number of aliphatic hydroxyl groups is 1. The molecule has 0 saturated carbocycles. The number of rotatable bonds is 5. The first-order valence-electron chi connectivity index (χ1n) is 5.56. The van der Waals surface area contributed by atoms with E-state index in [1.54, 1.807) is 6.20 Å². The van der Waals surface area contributed by atoms with Crippen LogP contribution in [-0.2, 0) is 0 Å². The molecule has 0 radical (unpaired) electrons. The smallest absolute Gasteiger partial charge is 0.0584 e. The molecule has 0 aromatic carbocycles. The maximum absolute atomic E-state index is 9.18. The number of likely N-dealkylation sites (N-methyl/N-ethyl adjacent to an activating group) is 1. The summed E-state index contributed by atoms with van der Waals surface area (Å²) >= 11 is 0. The molecule has 0 saturated heterocycles. The van der Waals surface area contributed by atoms with Gasteiger partial charge in [0.15, 0.2) is 0 Å². The van der Waals surface area contributed by atoms with E-state index in [0.29, 0.717) is 0 Å².